The molecule has 0 amide bonds. The van der Waals surface area contributed by atoms with E-state index >= 15 is 0 Å². The first-order valence-corrected chi connectivity index (χ1v) is 11.0. The van der Waals surface area contributed by atoms with Gasteiger partial charge in [-0.1, -0.05) is 20.8 Å². The zero-order valence-electron chi connectivity index (χ0n) is 18.5. The number of likely N-dealkylation sites (tertiary alicyclic amines) is 1. The summed E-state index contributed by atoms with van der Waals surface area (Å²) in [5, 5.41) is 15.8. The summed E-state index contributed by atoms with van der Waals surface area (Å²) in [6.45, 7) is 12.8. The number of nitrogens with zero attached hydrogens (tertiary/aromatic N) is 5. The maximum absolute atomic E-state index is 4.86. The largest absolute Gasteiger partial charge is 0.355 e. The lowest BCUT2D eigenvalue weighted by molar-refractivity contribution is 0.216. The van der Waals surface area contributed by atoms with Crippen molar-refractivity contribution in [2.24, 2.45) is 17.5 Å². The van der Waals surface area contributed by atoms with Crippen LogP contribution in [-0.2, 0) is 13.6 Å². The standard InChI is InChI=1S/C21H39N7/c1-6-28-13-7-8-18(28)14-22-20(23-15-19-26-25-16(2)27(19)5)24-17-9-11-21(3,4)12-10-17/h17-18H,6-15H2,1-5H3,(H2,22,23,24). The fraction of sp³-hybridized carbons (Fsp3) is 0.857. The van der Waals surface area contributed by atoms with E-state index in [9.17, 15) is 0 Å². The highest BCUT2D eigenvalue weighted by Gasteiger charge is 2.28. The molecule has 2 fully saturated rings. The lowest BCUT2D eigenvalue weighted by Crippen LogP contribution is -2.49. The quantitative estimate of drug-likeness (QED) is 0.578. The van der Waals surface area contributed by atoms with Gasteiger partial charge in [-0.25, -0.2) is 4.99 Å². The first-order valence-electron chi connectivity index (χ1n) is 11.0. The van der Waals surface area contributed by atoms with Crippen molar-refractivity contribution in [1.82, 2.24) is 30.3 Å². The molecule has 0 aromatic carbocycles. The Bertz CT molecular complexity index is 654. The van der Waals surface area contributed by atoms with Crippen molar-refractivity contribution in [2.75, 3.05) is 19.6 Å². The molecular formula is C21H39N7. The van der Waals surface area contributed by atoms with Crippen LogP contribution in [0.4, 0.5) is 0 Å². The molecule has 1 saturated carbocycles. The van der Waals surface area contributed by atoms with Crippen LogP contribution >= 0.6 is 0 Å². The summed E-state index contributed by atoms with van der Waals surface area (Å²) < 4.78 is 2.01. The van der Waals surface area contributed by atoms with Crippen molar-refractivity contribution in [3.8, 4) is 0 Å². The van der Waals surface area contributed by atoms with Gasteiger partial charge < -0.3 is 15.2 Å². The maximum atomic E-state index is 4.86. The van der Waals surface area contributed by atoms with Gasteiger partial charge in [-0.3, -0.25) is 4.90 Å². The summed E-state index contributed by atoms with van der Waals surface area (Å²) in [7, 11) is 2.00. The van der Waals surface area contributed by atoms with Gasteiger partial charge in [0.15, 0.2) is 11.8 Å². The van der Waals surface area contributed by atoms with E-state index in [1.165, 1.54) is 45.1 Å². The van der Waals surface area contributed by atoms with Crippen molar-refractivity contribution < 1.29 is 0 Å². The molecule has 0 spiro atoms. The average molecular weight is 390 g/mol. The van der Waals surface area contributed by atoms with Gasteiger partial charge in [-0.05, 0) is 64.0 Å². The van der Waals surface area contributed by atoms with Gasteiger partial charge >= 0.3 is 0 Å². The van der Waals surface area contributed by atoms with E-state index in [4.69, 9.17) is 4.99 Å². The first kappa shape index (κ1) is 21.1. The van der Waals surface area contributed by atoms with Crippen LogP contribution in [0.25, 0.3) is 0 Å². The van der Waals surface area contributed by atoms with Crippen molar-refractivity contribution in [3.63, 3.8) is 0 Å². The highest BCUT2D eigenvalue weighted by Crippen LogP contribution is 2.34. The normalized spacial score (nSPS) is 23.9. The summed E-state index contributed by atoms with van der Waals surface area (Å²) in [5.74, 6) is 2.75. The van der Waals surface area contributed by atoms with Crippen molar-refractivity contribution in [2.45, 2.75) is 84.8 Å². The zero-order valence-corrected chi connectivity index (χ0v) is 18.5. The van der Waals surface area contributed by atoms with Gasteiger partial charge in [0, 0.05) is 25.7 Å². The Balaban J connectivity index is 1.62. The Labute approximate surface area is 170 Å². The number of nitrogens with one attached hydrogen (secondary N) is 2. The van der Waals surface area contributed by atoms with Crippen LogP contribution in [-0.4, -0.2) is 57.3 Å². The lowest BCUT2D eigenvalue weighted by atomic mass is 9.75. The van der Waals surface area contributed by atoms with Crippen LogP contribution in [0.5, 0.6) is 0 Å². The molecular weight excluding hydrogens is 350 g/mol. The smallest absolute Gasteiger partial charge is 0.191 e. The Morgan fingerprint density at radius 2 is 1.96 bits per heavy atom. The van der Waals surface area contributed by atoms with Gasteiger partial charge in [0.1, 0.15) is 12.4 Å². The third kappa shape index (κ3) is 5.46. The summed E-state index contributed by atoms with van der Waals surface area (Å²) in [6, 6.07) is 1.12. The third-order valence-corrected chi connectivity index (χ3v) is 6.65. The second-order valence-electron chi connectivity index (χ2n) is 9.28. The zero-order chi connectivity index (χ0) is 20.1. The summed E-state index contributed by atoms with van der Waals surface area (Å²) in [4.78, 5) is 7.43. The molecule has 1 aromatic rings. The van der Waals surface area contributed by atoms with E-state index in [0.717, 1.165) is 30.7 Å². The molecule has 158 valence electrons. The molecule has 0 bridgehead atoms. The molecule has 1 atom stereocenters. The molecule has 7 nitrogen and oxygen atoms in total. The Morgan fingerprint density at radius 3 is 2.61 bits per heavy atom. The van der Waals surface area contributed by atoms with Gasteiger partial charge in [-0.2, -0.15) is 0 Å². The van der Waals surface area contributed by atoms with E-state index in [-0.39, 0.29) is 0 Å². The van der Waals surface area contributed by atoms with Gasteiger partial charge in [0.05, 0.1) is 0 Å². The Hall–Kier alpha value is -1.63. The number of likely N-dealkylation sites (N-methyl/N-ethyl adjacent to an activating group) is 1. The third-order valence-electron chi connectivity index (χ3n) is 6.65. The topological polar surface area (TPSA) is 70.4 Å². The van der Waals surface area contributed by atoms with E-state index < -0.39 is 0 Å². The average Bonchev–Trinajstić information content (AvgIpc) is 3.26. The Morgan fingerprint density at radius 1 is 1.21 bits per heavy atom. The van der Waals surface area contributed by atoms with Crippen molar-refractivity contribution in [3.05, 3.63) is 11.6 Å². The molecule has 1 aliphatic carbocycles. The minimum Gasteiger partial charge on any atom is -0.355 e. The molecule has 2 N–H and O–H groups in total. The van der Waals surface area contributed by atoms with Gasteiger partial charge in [0.2, 0.25) is 0 Å². The molecule has 3 rings (SSSR count). The van der Waals surface area contributed by atoms with Crippen LogP contribution in [0.15, 0.2) is 4.99 Å². The highest BCUT2D eigenvalue weighted by molar-refractivity contribution is 5.80. The second kappa shape index (κ2) is 9.25. The van der Waals surface area contributed by atoms with E-state index in [2.05, 4.69) is 46.5 Å². The Kier molecular flexibility index (Phi) is 6.96. The molecule has 1 aromatic heterocycles. The van der Waals surface area contributed by atoms with Crippen molar-refractivity contribution in [1.29, 1.82) is 0 Å². The molecule has 28 heavy (non-hydrogen) atoms. The van der Waals surface area contributed by atoms with Crippen LogP contribution in [0.3, 0.4) is 0 Å². The minimum atomic E-state index is 0.477. The van der Waals surface area contributed by atoms with Gasteiger partial charge in [0.25, 0.3) is 0 Å². The predicted molar refractivity (Wildman–Crippen MR) is 114 cm³/mol. The SMILES string of the molecule is CCN1CCCC1CNC(=NCc1nnc(C)n1C)NC1CCC(C)(C)CC1. The summed E-state index contributed by atoms with van der Waals surface area (Å²) >= 11 is 0. The number of rotatable bonds is 6. The molecule has 1 aliphatic heterocycles. The van der Waals surface area contributed by atoms with Crippen LogP contribution in [0, 0.1) is 12.3 Å². The molecule has 7 heteroatoms. The minimum absolute atomic E-state index is 0.477. The first-order chi connectivity index (χ1) is 13.4. The molecule has 2 heterocycles. The second-order valence-corrected chi connectivity index (χ2v) is 9.28. The maximum Gasteiger partial charge on any atom is 0.191 e. The fourth-order valence-corrected chi connectivity index (χ4v) is 4.39. The highest BCUT2D eigenvalue weighted by atomic mass is 15.3. The summed E-state index contributed by atoms with van der Waals surface area (Å²) in [6.07, 6.45) is 7.53. The lowest BCUT2D eigenvalue weighted by Gasteiger charge is -2.35. The van der Waals surface area contributed by atoms with E-state index in [1.807, 2.05) is 18.5 Å². The monoisotopic (exact) mass is 389 g/mol. The van der Waals surface area contributed by atoms with Crippen molar-refractivity contribution >= 4 is 5.96 Å². The number of hydrogen-bond donors (Lipinski definition) is 2. The number of guanidine groups is 1. The number of hydrogen-bond acceptors (Lipinski definition) is 4. The summed E-state index contributed by atoms with van der Waals surface area (Å²) in [5.41, 5.74) is 0.477. The van der Waals surface area contributed by atoms with Gasteiger partial charge in [-0.15, -0.1) is 10.2 Å². The van der Waals surface area contributed by atoms with Crippen LogP contribution in [0.2, 0.25) is 0 Å². The molecule has 1 unspecified atom stereocenters. The predicted octanol–water partition coefficient (Wildman–Crippen LogP) is 2.61. The molecule has 1 saturated heterocycles. The van der Waals surface area contributed by atoms with E-state index in [0.29, 0.717) is 24.0 Å². The molecule has 0 radical (unpaired) electrons. The number of aromatic nitrogens is 3. The van der Waals surface area contributed by atoms with Crippen LogP contribution < -0.4 is 10.6 Å². The van der Waals surface area contributed by atoms with E-state index in [1.54, 1.807) is 0 Å². The number of aliphatic imine (C=N–C) groups is 1. The molecule has 2 aliphatic rings. The number of aryl methyl sites for hydroxylation is 1. The van der Waals surface area contributed by atoms with Crippen LogP contribution in [0.1, 0.15) is 70.9 Å². The fourth-order valence-electron chi connectivity index (χ4n) is 4.39.